The lowest BCUT2D eigenvalue weighted by Crippen LogP contribution is -2.52. The fourth-order valence-electron chi connectivity index (χ4n) is 2.77. The van der Waals surface area contributed by atoms with E-state index in [4.69, 9.17) is 9.99 Å². The van der Waals surface area contributed by atoms with Crippen LogP contribution in [0.15, 0.2) is 42.5 Å². The van der Waals surface area contributed by atoms with Crippen LogP contribution in [0.2, 0.25) is 0 Å². The highest BCUT2D eigenvalue weighted by Crippen LogP contribution is 2.36. The molecule has 3 N–H and O–H groups in total. The van der Waals surface area contributed by atoms with Crippen LogP contribution in [0.4, 0.5) is 13.2 Å². The van der Waals surface area contributed by atoms with Crippen molar-refractivity contribution < 1.29 is 37.6 Å². The van der Waals surface area contributed by atoms with Crippen LogP contribution in [0, 0.1) is 6.92 Å². The van der Waals surface area contributed by atoms with Crippen LogP contribution in [-0.4, -0.2) is 28.8 Å². The number of hydrogen-bond donors (Lipinski definition) is 3. The van der Waals surface area contributed by atoms with Gasteiger partial charge in [0.15, 0.2) is 5.75 Å². The number of halogens is 3. The van der Waals surface area contributed by atoms with Crippen molar-refractivity contribution in [2.45, 2.75) is 38.0 Å². The second kappa shape index (κ2) is 8.23. The summed E-state index contributed by atoms with van der Waals surface area (Å²) in [5, 5.41) is 13.0. The van der Waals surface area contributed by atoms with Gasteiger partial charge in [0.2, 0.25) is 5.91 Å². The molecule has 0 heterocycles. The van der Waals surface area contributed by atoms with Crippen LogP contribution in [0.1, 0.15) is 24.0 Å². The Bertz CT molecular complexity index is 940. The molecule has 1 saturated carbocycles. The first-order chi connectivity index (χ1) is 14.1. The largest absolute Gasteiger partial charge is 0.471 e. The van der Waals surface area contributed by atoms with Gasteiger partial charge in [0.05, 0.1) is 0 Å². The molecule has 0 radical (unpaired) electrons. The molecule has 2 amide bonds. The minimum atomic E-state index is -5.03. The second-order valence-electron chi connectivity index (χ2n) is 6.98. The van der Waals surface area contributed by atoms with Crippen molar-refractivity contribution in [3.63, 3.8) is 0 Å². The summed E-state index contributed by atoms with van der Waals surface area (Å²) < 4.78 is 43.0. The standard InChI is InChI=1S/C20H19F3N2O5/c1-12-10-15(30-28)6-7-16(12)29-14-4-2-13(3-5-14)11-24-17(26)19(8-9-19)25-18(27)20(21,22)23/h2-7,10,28H,8-9,11H2,1H3,(H,24,26)(H,25,27). The fourth-order valence-corrected chi connectivity index (χ4v) is 2.77. The minimum Gasteiger partial charge on any atom is -0.457 e. The number of alkyl halides is 3. The van der Waals surface area contributed by atoms with Gasteiger partial charge in [-0.05, 0) is 61.2 Å². The number of carbonyl (C=O) groups excluding carboxylic acids is 2. The number of rotatable bonds is 7. The maximum absolute atomic E-state index is 12.4. The molecule has 0 unspecified atom stereocenters. The summed E-state index contributed by atoms with van der Waals surface area (Å²) in [6.07, 6.45) is -4.71. The van der Waals surface area contributed by atoms with Crippen LogP contribution in [0.3, 0.4) is 0 Å². The monoisotopic (exact) mass is 424 g/mol. The molecule has 0 saturated heterocycles. The molecular formula is C20H19F3N2O5. The molecule has 3 rings (SSSR count). The third-order valence-corrected chi connectivity index (χ3v) is 4.65. The van der Waals surface area contributed by atoms with E-state index in [1.54, 1.807) is 48.6 Å². The van der Waals surface area contributed by atoms with Crippen molar-refractivity contribution in [1.82, 2.24) is 10.6 Å². The quantitative estimate of drug-likeness (QED) is 0.467. The van der Waals surface area contributed by atoms with E-state index in [0.717, 1.165) is 5.56 Å². The topological polar surface area (TPSA) is 96.9 Å². The van der Waals surface area contributed by atoms with E-state index < -0.39 is 23.5 Å². The molecule has 10 heteroatoms. The second-order valence-corrected chi connectivity index (χ2v) is 6.98. The van der Waals surface area contributed by atoms with E-state index in [1.165, 1.54) is 6.07 Å². The van der Waals surface area contributed by atoms with Crippen molar-refractivity contribution in [2.24, 2.45) is 0 Å². The summed E-state index contributed by atoms with van der Waals surface area (Å²) in [5.41, 5.74) is -0.0413. The van der Waals surface area contributed by atoms with Crippen molar-refractivity contribution in [3.8, 4) is 17.2 Å². The van der Waals surface area contributed by atoms with Crippen molar-refractivity contribution in [2.75, 3.05) is 0 Å². The van der Waals surface area contributed by atoms with E-state index in [2.05, 4.69) is 10.2 Å². The third-order valence-electron chi connectivity index (χ3n) is 4.65. The summed E-state index contributed by atoms with van der Waals surface area (Å²) in [6.45, 7) is 1.87. The summed E-state index contributed by atoms with van der Waals surface area (Å²) in [4.78, 5) is 27.5. The highest BCUT2D eigenvalue weighted by Gasteiger charge is 2.54. The number of aryl methyl sites for hydroxylation is 1. The van der Waals surface area contributed by atoms with Gasteiger partial charge in [-0.3, -0.25) is 9.59 Å². The van der Waals surface area contributed by atoms with Gasteiger partial charge in [-0.15, -0.1) is 0 Å². The number of ether oxygens (including phenoxy) is 1. The Kier molecular flexibility index (Phi) is 5.88. The first-order valence-corrected chi connectivity index (χ1v) is 8.99. The van der Waals surface area contributed by atoms with Gasteiger partial charge in [0.25, 0.3) is 0 Å². The molecule has 7 nitrogen and oxygen atoms in total. The Morgan fingerprint density at radius 2 is 1.73 bits per heavy atom. The molecular weight excluding hydrogens is 405 g/mol. The lowest BCUT2D eigenvalue weighted by Gasteiger charge is -2.18. The molecule has 2 aromatic carbocycles. The molecule has 0 bridgehead atoms. The molecule has 30 heavy (non-hydrogen) atoms. The Hall–Kier alpha value is -3.27. The summed E-state index contributed by atoms with van der Waals surface area (Å²) in [6, 6.07) is 11.5. The van der Waals surface area contributed by atoms with Gasteiger partial charge in [0.1, 0.15) is 17.0 Å². The zero-order valence-corrected chi connectivity index (χ0v) is 15.9. The molecule has 0 spiro atoms. The number of hydrogen-bond acceptors (Lipinski definition) is 5. The summed E-state index contributed by atoms with van der Waals surface area (Å²) in [5.74, 6) is -1.39. The Labute approximate surface area is 169 Å². The van der Waals surface area contributed by atoms with Gasteiger partial charge in [-0.2, -0.15) is 13.2 Å². The molecule has 2 aromatic rings. The third kappa shape index (κ3) is 5.01. The van der Waals surface area contributed by atoms with E-state index in [9.17, 15) is 22.8 Å². The number of benzene rings is 2. The Morgan fingerprint density at radius 3 is 2.27 bits per heavy atom. The molecule has 160 valence electrons. The average Bonchev–Trinajstić information content (AvgIpc) is 3.48. The predicted octanol–water partition coefficient (Wildman–Crippen LogP) is 3.47. The van der Waals surface area contributed by atoms with E-state index in [1.807, 2.05) is 0 Å². The van der Waals surface area contributed by atoms with Gasteiger partial charge < -0.3 is 20.3 Å². The zero-order chi connectivity index (χ0) is 21.9. The maximum Gasteiger partial charge on any atom is 0.471 e. The first kappa shape index (κ1) is 21.4. The number of carbonyl (C=O) groups is 2. The highest BCUT2D eigenvalue weighted by molar-refractivity contribution is 5.95. The number of amides is 2. The Balaban J connectivity index is 1.55. The van der Waals surface area contributed by atoms with Gasteiger partial charge >= 0.3 is 12.1 Å². The molecule has 0 aromatic heterocycles. The van der Waals surface area contributed by atoms with Crippen LogP contribution in [0.5, 0.6) is 17.2 Å². The molecule has 1 aliphatic carbocycles. The van der Waals surface area contributed by atoms with Crippen LogP contribution >= 0.6 is 0 Å². The lowest BCUT2D eigenvalue weighted by molar-refractivity contribution is -0.175. The van der Waals surface area contributed by atoms with Gasteiger partial charge in [0, 0.05) is 6.54 Å². The highest BCUT2D eigenvalue weighted by atomic mass is 19.4. The minimum absolute atomic E-state index is 0.0876. The Morgan fingerprint density at radius 1 is 1.10 bits per heavy atom. The smallest absolute Gasteiger partial charge is 0.457 e. The molecule has 0 aliphatic heterocycles. The van der Waals surface area contributed by atoms with Gasteiger partial charge in [-0.25, -0.2) is 5.26 Å². The van der Waals surface area contributed by atoms with Crippen LogP contribution in [0.25, 0.3) is 0 Å². The molecule has 0 atom stereocenters. The van der Waals surface area contributed by atoms with E-state index >= 15 is 0 Å². The molecule has 1 fully saturated rings. The molecule has 1 aliphatic rings. The van der Waals surface area contributed by atoms with E-state index in [0.29, 0.717) is 17.1 Å². The lowest BCUT2D eigenvalue weighted by atomic mass is 10.2. The van der Waals surface area contributed by atoms with E-state index in [-0.39, 0.29) is 25.1 Å². The predicted molar refractivity (Wildman–Crippen MR) is 99.0 cm³/mol. The maximum atomic E-state index is 12.4. The summed E-state index contributed by atoms with van der Waals surface area (Å²) in [7, 11) is 0. The van der Waals surface area contributed by atoms with Crippen LogP contribution in [-0.2, 0) is 16.1 Å². The van der Waals surface area contributed by atoms with Crippen molar-refractivity contribution >= 4 is 11.8 Å². The normalized spacial score (nSPS) is 14.6. The average molecular weight is 424 g/mol. The van der Waals surface area contributed by atoms with Gasteiger partial charge in [-0.1, -0.05) is 12.1 Å². The van der Waals surface area contributed by atoms with Crippen LogP contribution < -0.4 is 20.3 Å². The summed E-state index contributed by atoms with van der Waals surface area (Å²) >= 11 is 0. The number of nitrogens with one attached hydrogen (secondary N) is 2. The SMILES string of the molecule is Cc1cc(OO)ccc1Oc1ccc(CNC(=O)C2(NC(=O)C(F)(F)F)CC2)cc1. The van der Waals surface area contributed by atoms with Crippen molar-refractivity contribution in [3.05, 3.63) is 53.6 Å². The zero-order valence-electron chi connectivity index (χ0n) is 15.9. The fraction of sp³-hybridized carbons (Fsp3) is 0.300. The van der Waals surface area contributed by atoms with Crippen molar-refractivity contribution in [1.29, 1.82) is 0 Å². The first-order valence-electron chi connectivity index (χ1n) is 8.99.